The van der Waals surface area contributed by atoms with Crippen molar-refractivity contribution in [2.24, 2.45) is 0 Å². The lowest BCUT2D eigenvalue weighted by atomic mass is 10.0. The van der Waals surface area contributed by atoms with Gasteiger partial charge in [-0.1, -0.05) is 6.42 Å². The average Bonchev–Trinajstić information content (AvgIpc) is 1.80. The van der Waals surface area contributed by atoms with E-state index in [9.17, 15) is 13.2 Å². The second-order valence-corrected chi connectivity index (χ2v) is 8.67. The maximum atomic E-state index is 12.6. The van der Waals surface area contributed by atoms with E-state index in [4.69, 9.17) is 4.43 Å². The van der Waals surface area contributed by atoms with Gasteiger partial charge < -0.3 is 4.43 Å². The van der Waals surface area contributed by atoms with Crippen molar-refractivity contribution < 1.29 is 17.6 Å². The summed E-state index contributed by atoms with van der Waals surface area (Å²) in [7, 11) is -2.06. The fourth-order valence-electron chi connectivity index (χ4n) is 1.76. The molecule has 13 heavy (non-hydrogen) atoms. The van der Waals surface area contributed by atoms with Gasteiger partial charge in [0, 0.05) is 0 Å². The van der Waals surface area contributed by atoms with Gasteiger partial charge in [-0.15, -0.1) is 0 Å². The lowest BCUT2D eigenvalue weighted by Crippen LogP contribution is -2.54. The van der Waals surface area contributed by atoms with Gasteiger partial charge in [-0.3, -0.25) is 0 Å². The number of hydrogen-bond donors (Lipinski definition) is 0. The highest BCUT2D eigenvalue weighted by atomic mass is 28.4. The molecule has 78 valence electrons. The second-order valence-electron chi connectivity index (χ2n) is 4.44. The molecule has 0 N–H and O–H groups in total. The predicted molar refractivity (Wildman–Crippen MR) is 47.1 cm³/mol. The van der Waals surface area contributed by atoms with E-state index >= 15 is 0 Å². The first-order valence-electron chi connectivity index (χ1n) is 4.43. The third-order valence-corrected chi connectivity index (χ3v) is 5.09. The van der Waals surface area contributed by atoms with Crippen molar-refractivity contribution in [1.29, 1.82) is 0 Å². The molecule has 0 aliphatic carbocycles. The lowest BCUT2D eigenvalue weighted by molar-refractivity contribution is -0.250. The summed E-state index contributed by atoms with van der Waals surface area (Å²) >= 11 is 0. The molecule has 0 bridgehead atoms. The van der Waals surface area contributed by atoms with Crippen LogP contribution >= 0.6 is 0 Å². The van der Waals surface area contributed by atoms with Crippen molar-refractivity contribution in [1.82, 2.24) is 0 Å². The first-order chi connectivity index (χ1) is 5.66. The Morgan fingerprint density at radius 2 is 1.85 bits per heavy atom. The van der Waals surface area contributed by atoms with Crippen LogP contribution in [-0.2, 0) is 4.43 Å². The lowest BCUT2D eigenvalue weighted by Gasteiger charge is -2.43. The normalized spacial score (nSPS) is 34.6. The molecule has 1 rings (SSSR count). The second kappa shape index (κ2) is 2.98. The van der Waals surface area contributed by atoms with E-state index in [1.807, 2.05) is 13.1 Å². The van der Waals surface area contributed by atoms with E-state index < -0.39 is 20.1 Å². The summed E-state index contributed by atoms with van der Waals surface area (Å²) in [5.74, 6) is 0. The zero-order chi connectivity index (χ0) is 10.3. The molecule has 0 aromatic rings. The van der Waals surface area contributed by atoms with Crippen LogP contribution in [0.2, 0.25) is 19.1 Å². The summed E-state index contributed by atoms with van der Waals surface area (Å²) in [6, 6.07) is 0.832. The molecule has 0 radical (unpaired) electrons. The van der Waals surface area contributed by atoms with E-state index in [2.05, 4.69) is 0 Å². The van der Waals surface area contributed by atoms with Gasteiger partial charge in [0.2, 0.25) is 0 Å². The fourth-order valence-corrected chi connectivity index (χ4v) is 4.33. The Kier molecular flexibility index (Phi) is 2.53. The van der Waals surface area contributed by atoms with E-state index in [0.717, 1.165) is 6.04 Å². The maximum Gasteiger partial charge on any atom is 0.416 e. The highest BCUT2D eigenvalue weighted by molar-refractivity contribution is 6.71. The third-order valence-electron chi connectivity index (χ3n) is 2.53. The molecule has 0 aromatic carbocycles. The standard InChI is InChI=1S/C8H15F3OSi/c1-7(8(9,10)11)5-4-6-13(2,3)12-7/h4-6H2,1-3H3. The quantitative estimate of drug-likeness (QED) is 0.560. The molecule has 0 spiro atoms. The zero-order valence-corrected chi connectivity index (χ0v) is 9.16. The molecule has 1 aliphatic rings. The molecular formula is C8H15F3OSi. The molecule has 1 aliphatic heterocycles. The molecule has 0 aromatic heterocycles. The van der Waals surface area contributed by atoms with Gasteiger partial charge >= 0.3 is 6.18 Å². The SMILES string of the molecule is CC1(C(F)(F)F)CCC[Si](C)(C)O1. The molecule has 0 saturated carbocycles. The molecule has 1 heterocycles. The zero-order valence-electron chi connectivity index (χ0n) is 8.16. The van der Waals surface area contributed by atoms with Gasteiger partial charge in [-0.25, -0.2) is 0 Å². The van der Waals surface area contributed by atoms with Gasteiger partial charge in [0.25, 0.3) is 0 Å². The summed E-state index contributed by atoms with van der Waals surface area (Å²) in [6.07, 6.45) is -3.49. The molecule has 1 saturated heterocycles. The molecule has 1 fully saturated rings. The predicted octanol–water partition coefficient (Wildman–Crippen LogP) is 3.32. The van der Waals surface area contributed by atoms with Crippen LogP contribution in [0.1, 0.15) is 19.8 Å². The molecule has 1 unspecified atom stereocenters. The van der Waals surface area contributed by atoms with Crippen LogP contribution in [0, 0.1) is 0 Å². The Balaban J connectivity index is 2.81. The van der Waals surface area contributed by atoms with Gasteiger partial charge in [0.15, 0.2) is 8.32 Å². The van der Waals surface area contributed by atoms with Crippen molar-refractivity contribution in [3.8, 4) is 0 Å². The van der Waals surface area contributed by atoms with Gasteiger partial charge in [-0.05, 0) is 32.5 Å². The molecule has 1 nitrogen and oxygen atoms in total. The van der Waals surface area contributed by atoms with Crippen LogP contribution in [0.25, 0.3) is 0 Å². The van der Waals surface area contributed by atoms with Crippen LogP contribution in [0.5, 0.6) is 0 Å². The van der Waals surface area contributed by atoms with Crippen LogP contribution in [0.3, 0.4) is 0 Å². The van der Waals surface area contributed by atoms with Crippen LogP contribution in [0.15, 0.2) is 0 Å². The summed E-state index contributed by atoms with van der Waals surface area (Å²) in [5.41, 5.74) is -1.89. The smallest absolute Gasteiger partial charge is 0.404 e. The first kappa shape index (κ1) is 11.0. The first-order valence-corrected chi connectivity index (χ1v) is 7.55. The van der Waals surface area contributed by atoms with Crippen molar-refractivity contribution in [3.63, 3.8) is 0 Å². The summed E-state index contributed by atoms with van der Waals surface area (Å²) in [4.78, 5) is 0. The molecule has 1 atom stereocenters. The third kappa shape index (κ3) is 2.25. The summed E-state index contributed by atoms with van der Waals surface area (Å²) in [6.45, 7) is 4.85. The molecular weight excluding hydrogens is 197 g/mol. The van der Waals surface area contributed by atoms with Gasteiger partial charge in [0.1, 0.15) is 5.60 Å². The monoisotopic (exact) mass is 212 g/mol. The number of rotatable bonds is 0. The Bertz CT molecular complexity index is 202. The van der Waals surface area contributed by atoms with Crippen molar-refractivity contribution in [3.05, 3.63) is 0 Å². The van der Waals surface area contributed by atoms with Crippen LogP contribution in [-0.4, -0.2) is 20.1 Å². The minimum atomic E-state index is -4.22. The Labute approximate surface area is 77.4 Å². The number of alkyl halides is 3. The minimum absolute atomic E-state index is 0.104. The largest absolute Gasteiger partial charge is 0.416 e. The van der Waals surface area contributed by atoms with E-state index in [1.165, 1.54) is 6.92 Å². The van der Waals surface area contributed by atoms with E-state index in [0.29, 0.717) is 6.42 Å². The Hall–Kier alpha value is -0.0331. The molecule has 0 amide bonds. The summed E-state index contributed by atoms with van der Waals surface area (Å²) < 4.78 is 42.9. The number of halogens is 3. The van der Waals surface area contributed by atoms with Crippen molar-refractivity contribution >= 4 is 8.32 Å². The van der Waals surface area contributed by atoms with Gasteiger partial charge in [0.05, 0.1) is 0 Å². The topological polar surface area (TPSA) is 9.23 Å². The van der Waals surface area contributed by atoms with Crippen molar-refractivity contribution in [2.75, 3.05) is 0 Å². The highest BCUT2D eigenvalue weighted by Crippen LogP contribution is 2.43. The number of hydrogen-bond acceptors (Lipinski definition) is 1. The van der Waals surface area contributed by atoms with E-state index in [1.54, 1.807) is 0 Å². The van der Waals surface area contributed by atoms with Crippen LogP contribution in [0.4, 0.5) is 13.2 Å². The van der Waals surface area contributed by atoms with E-state index in [-0.39, 0.29) is 6.42 Å². The Morgan fingerprint density at radius 1 is 1.31 bits per heavy atom. The average molecular weight is 212 g/mol. The van der Waals surface area contributed by atoms with Crippen LogP contribution < -0.4 is 0 Å². The maximum absolute atomic E-state index is 12.6. The van der Waals surface area contributed by atoms with Gasteiger partial charge in [-0.2, -0.15) is 13.2 Å². The Morgan fingerprint density at radius 3 is 2.15 bits per heavy atom. The fraction of sp³-hybridized carbons (Fsp3) is 1.00. The summed E-state index contributed by atoms with van der Waals surface area (Å²) in [5, 5.41) is 0. The highest BCUT2D eigenvalue weighted by Gasteiger charge is 2.56. The molecule has 5 heteroatoms. The minimum Gasteiger partial charge on any atom is -0.404 e. The van der Waals surface area contributed by atoms with Crippen molar-refractivity contribution in [2.45, 2.75) is 50.7 Å².